The molecule has 5 aromatic carbocycles. The SMILES string of the molecule is Fc1c(-c2ccc(Br)cc2)c(-c2ccc(Br)cc2)c(F)c(-c2ccc(Br)cc2)c1-c1ccc(Br)cc1. The molecule has 6 heteroatoms. The van der Waals surface area contributed by atoms with Crippen molar-refractivity contribution in [1.29, 1.82) is 0 Å². The van der Waals surface area contributed by atoms with Gasteiger partial charge in [-0.15, -0.1) is 0 Å². The van der Waals surface area contributed by atoms with Crippen molar-refractivity contribution in [3.05, 3.63) is 127 Å². The molecular weight excluding hydrogens is 718 g/mol. The van der Waals surface area contributed by atoms with E-state index in [4.69, 9.17) is 0 Å². The molecule has 0 amide bonds. The van der Waals surface area contributed by atoms with E-state index in [0.717, 1.165) is 17.9 Å². The highest BCUT2D eigenvalue weighted by Crippen LogP contribution is 2.47. The van der Waals surface area contributed by atoms with E-state index in [0.29, 0.717) is 22.3 Å². The number of benzene rings is 5. The Morgan fingerprint density at radius 3 is 0.639 bits per heavy atom. The predicted octanol–water partition coefficient (Wildman–Crippen LogP) is 11.7. The van der Waals surface area contributed by atoms with E-state index in [9.17, 15) is 0 Å². The summed E-state index contributed by atoms with van der Waals surface area (Å²) < 4.78 is 37.2. The molecule has 5 aromatic rings. The second-order valence-electron chi connectivity index (χ2n) is 8.16. The third kappa shape index (κ3) is 5.01. The van der Waals surface area contributed by atoms with Crippen LogP contribution in [0.15, 0.2) is 115 Å². The van der Waals surface area contributed by atoms with Crippen molar-refractivity contribution in [3.63, 3.8) is 0 Å². The van der Waals surface area contributed by atoms with Crippen molar-refractivity contribution in [2.75, 3.05) is 0 Å². The smallest absolute Gasteiger partial charge is 0.140 e. The molecular formula is C30H16Br4F2. The molecule has 178 valence electrons. The van der Waals surface area contributed by atoms with E-state index < -0.39 is 11.6 Å². The molecule has 0 atom stereocenters. The summed E-state index contributed by atoms with van der Waals surface area (Å²) in [5, 5.41) is 0. The van der Waals surface area contributed by atoms with E-state index in [2.05, 4.69) is 63.7 Å². The Bertz CT molecular complexity index is 1310. The number of hydrogen-bond donors (Lipinski definition) is 0. The highest BCUT2D eigenvalue weighted by molar-refractivity contribution is 9.11. The number of halogens is 6. The average molecular weight is 734 g/mol. The van der Waals surface area contributed by atoms with Crippen LogP contribution in [-0.2, 0) is 0 Å². The molecule has 0 saturated carbocycles. The van der Waals surface area contributed by atoms with Gasteiger partial charge in [-0.1, -0.05) is 112 Å². The third-order valence-corrected chi connectivity index (χ3v) is 8.02. The van der Waals surface area contributed by atoms with Gasteiger partial charge in [0.05, 0.1) is 0 Å². The summed E-state index contributed by atoms with van der Waals surface area (Å²) in [6, 6.07) is 29.1. The molecule has 0 N–H and O–H groups in total. The van der Waals surface area contributed by atoms with Crippen LogP contribution in [0, 0.1) is 11.6 Å². The summed E-state index contributed by atoms with van der Waals surface area (Å²) in [4.78, 5) is 0. The molecule has 0 spiro atoms. The highest BCUT2D eigenvalue weighted by Gasteiger charge is 2.28. The lowest BCUT2D eigenvalue weighted by Crippen LogP contribution is -2.02. The molecule has 36 heavy (non-hydrogen) atoms. The first-order chi connectivity index (χ1) is 17.3. The fourth-order valence-electron chi connectivity index (χ4n) is 4.24. The lowest BCUT2D eigenvalue weighted by molar-refractivity contribution is 0.612. The van der Waals surface area contributed by atoms with Crippen LogP contribution in [0.1, 0.15) is 0 Å². The van der Waals surface area contributed by atoms with Crippen molar-refractivity contribution in [2.45, 2.75) is 0 Å². The van der Waals surface area contributed by atoms with Crippen LogP contribution < -0.4 is 0 Å². The molecule has 0 nitrogen and oxygen atoms in total. The van der Waals surface area contributed by atoms with Gasteiger partial charge in [0.15, 0.2) is 0 Å². The van der Waals surface area contributed by atoms with Gasteiger partial charge < -0.3 is 0 Å². The van der Waals surface area contributed by atoms with E-state index in [1.807, 2.05) is 48.5 Å². The average Bonchev–Trinajstić information content (AvgIpc) is 2.87. The summed E-state index contributed by atoms with van der Waals surface area (Å²) in [5.41, 5.74) is 3.26. The zero-order valence-corrected chi connectivity index (χ0v) is 24.8. The second kappa shape index (κ2) is 10.7. The maximum absolute atomic E-state index is 16.9. The third-order valence-electron chi connectivity index (χ3n) is 5.91. The van der Waals surface area contributed by atoms with Gasteiger partial charge in [0.2, 0.25) is 0 Å². The summed E-state index contributed by atoms with van der Waals surface area (Å²) in [6.07, 6.45) is 0. The first kappa shape index (κ1) is 25.5. The van der Waals surface area contributed by atoms with E-state index in [1.165, 1.54) is 0 Å². The van der Waals surface area contributed by atoms with Crippen molar-refractivity contribution in [1.82, 2.24) is 0 Å². The van der Waals surface area contributed by atoms with Crippen LogP contribution in [0.3, 0.4) is 0 Å². The second-order valence-corrected chi connectivity index (χ2v) is 11.8. The Morgan fingerprint density at radius 2 is 0.472 bits per heavy atom. The summed E-state index contributed by atoms with van der Waals surface area (Å²) in [5.74, 6) is -0.950. The minimum absolute atomic E-state index is 0.223. The lowest BCUT2D eigenvalue weighted by atomic mass is 9.84. The molecule has 0 heterocycles. The fourth-order valence-corrected chi connectivity index (χ4v) is 5.30. The molecule has 5 rings (SSSR count). The maximum atomic E-state index is 16.9. The molecule has 0 aliphatic rings. The van der Waals surface area contributed by atoms with Gasteiger partial charge in [0, 0.05) is 40.1 Å². The van der Waals surface area contributed by atoms with Crippen LogP contribution in [0.2, 0.25) is 0 Å². The van der Waals surface area contributed by atoms with Gasteiger partial charge in [0.25, 0.3) is 0 Å². The van der Waals surface area contributed by atoms with Gasteiger partial charge in [-0.2, -0.15) is 0 Å². The quantitative estimate of drug-likeness (QED) is 0.173. The van der Waals surface area contributed by atoms with Crippen molar-refractivity contribution in [3.8, 4) is 44.5 Å². The first-order valence-electron chi connectivity index (χ1n) is 10.9. The van der Waals surface area contributed by atoms with Crippen molar-refractivity contribution in [2.24, 2.45) is 0 Å². The van der Waals surface area contributed by atoms with Gasteiger partial charge in [0.1, 0.15) is 11.6 Å². The Balaban J connectivity index is 1.94. The standard InChI is InChI=1S/C30H16Br4F2/c31-21-9-1-17(2-10-21)25-26(18-3-11-22(32)12-4-18)30(36)28(20-7-15-24(34)16-8-20)27(29(25)35)19-5-13-23(33)14-6-19/h1-16H. The fraction of sp³-hybridized carbons (Fsp3) is 0. The van der Waals surface area contributed by atoms with E-state index in [1.54, 1.807) is 48.5 Å². The Labute approximate surface area is 241 Å². The van der Waals surface area contributed by atoms with E-state index in [-0.39, 0.29) is 22.3 Å². The van der Waals surface area contributed by atoms with Crippen molar-refractivity contribution >= 4 is 63.7 Å². The molecule has 0 aliphatic heterocycles. The van der Waals surface area contributed by atoms with Crippen molar-refractivity contribution < 1.29 is 8.78 Å². The zero-order chi connectivity index (χ0) is 25.4. The Kier molecular flexibility index (Phi) is 7.59. The zero-order valence-electron chi connectivity index (χ0n) is 18.5. The van der Waals surface area contributed by atoms with Gasteiger partial charge in [-0.25, -0.2) is 8.78 Å². The monoisotopic (exact) mass is 730 g/mol. The van der Waals surface area contributed by atoms with Gasteiger partial charge in [-0.3, -0.25) is 0 Å². The molecule has 0 fully saturated rings. The van der Waals surface area contributed by atoms with Crippen LogP contribution in [0.25, 0.3) is 44.5 Å². The number of hydrogen-bond acceptors (Lipinski definition) is 0. The molecule has 0 aliphatic carbocycles. The Hall–Kier alpha value is -2.12. The minimum Gasteiger partial charge on any atom is -0.206 e. The summed E-state index contributed by atoms with van der Waals surface area (Å²) in [6.45, 7) is 0. The lowest BCUT2D eigenvalue weighted by Gasteiger charge is -2.21. The molecule has 0 bridgehead atoms. The number of rotatable bonds is 4. The van der Waals surface area contributed by atoms with Gasteiger partial charge >= 0.3 is 0 Å². The normalized spacial score (nSPS) is 11.1. The molecule has 0 unspecified atom stereocenters. The molecule has 0 saturated heterocycles. The van der Waals surface area contributed by atoms with Crippen LogP contribution in [-0.4, -0.2) is 0 Å². The summed E-state index contributed by atoms with van der Waals surface area (Å²) in [7, 11) is 0. The van der Waals surface area contributed by atoms with Crippen LogP contribution in [0.4, 0.5) is 8.78 Å². The highest BCUT2D eigenvalue weighted by atomic mass is 79.9. The summed E-state index contributed by atoms with van der Waals surface area (Å²) >= 11 is 13.8. The van der Waals surface area contributed by atoms with Crippen LogP contribution in [0.5, 0.6) is 0 Å². The van der Waals surface area contributed by atoms with Crippen LogP contribution >= 0.6 is 63.7 Å². The maximum Gasteiger partial charge on any atom is 0.140 e. The largest absolute Gasteiger partial charge is 0.206 e. The molecule has 0 aromatic heterocycles. The molecule has 0 radical (unpaired) electrons. The first-order valence-corrected chi connectivity index (χ1v) is 14.1. The topological polar surface area (TPSA) is 0 Å². The Morgan fingerprint density at radius 1 is 0.306 bits per heavy atom. The minimum atomic E-state index is -0.475. The van der Waals surface area contributed by atoms with E-state index >= 15 is 8.78 Å². The predicted molar refractivity (Wildman–Crippen MR) is 159 cm³/mol. The van der Waals surface area contributed by atoms with Gasteiger partial charge in [-0.05, 0) is 70.8 Å².